The average molecular weight is 352 g/mol. The van der Waals surface area contributed by atoms with Gasteiger partial charge in [0.05, 0.1) is 6.61 Å². The first kappa shape index (κ1) is 17.3. The Labute approximate surface area is 151 Å². The number of nitrogens with one attached hydrogen (secondary N) is 1. The Morgan fingerprint density at radius 2 is 2.04 bits per heavy atom. The van der Waals surface area contributed by atoms with Crippen molar-refractivity contribution in [1.29, 1.82) is 5.41 Å². The van der Waals surface area contributed by atoms with Crippen LogP contribution in [0.3, 0.4) is 0 Å². The van der Waals surface area contributed by atoms with Gasteiger partial charge in [0.2, 0.25) is 0 Å². The van der Waals surface area contributed by atoms with Crippen molar-refractivity contribution in [3.05, 3.63) is 58.3 Å². The number of thiophene rings is 1. The summed E-state index contributed by atoms with van der Waals surface area (Å²) in [6, 6.07) is 10.3. The van der Waals surface area contributed by atoms with Crippen LogP contribution in [0.1, 0.15) is 18.4 Å². The normalized spacial score (nSPS) is 20.1. The van der Waals surface area contributed by atoms with Crippen molar-refractivity contribution in [2.24, 2.45) is 10.9 Å². The average Bonchev–Trinajstić information content (AvgIpc) is 3.24. The number of esters is 1. The minimum absolute atomic E-state index is 0.230. The van der Waals surface area contributed by atoms with Gasteiger partial charge in [0.15, 0.2) is 0 Å². The highest BCUT2D eigenvalue weighted by atomic mass is 32.1. The van der Waals surface area contributed by atoms with Gasteiger partial charge in [0.1, 0.15) is 5.92 Å². The number of ether oxygens (including phenoxy) is 1. The lowest BCUT2D eigenvalue weighted by molar-refractivity contribution is -0.145. The van der Waals surface area contributed by atoms with Gasteiger partial charge in [-0.2, -0.15) is 11.3 Å². The van der Waals surface area contributed by atoms with Crippen LogP contribution < -0.4 is 0 Å². The first-order valence-corrected chi connectivity index (χ1v) is 9.11. The van der Waals surface area contributed by atoms with Crippen molar-refractivity contribution in [3.63, 3.8) is 0 Å². The van der Waals surface area contributed by atoms with E-state index in [0.717, 1.165) is 16.7 Å². The van der Waals surface area contributed by atoms with E-state index in [1.165, 1.54) is 5.56 Å². The van der Waals surface area contributed by atoms with Gasteiger partial charge in [-0.25, -0.2) is 0 Å². The van der Waals surface area contributed by atoms with E-state index in [4.69, 9.17) is 10.1 Å². The molecule has 5 heteroatoms. The van der Waals surface area contributed by atoms with E-state index in [1.807, 2.05) is 12.1 Å². The molecule has 25 heavy (non-hydrogen) atoms. The second-order valence-electron chi connectivity index (χ2n) is 5.83. The molecule has 0 spiro atoms. The number of carbonyl (C=O) groups excluding carboxylic acids is 1. The SMILES string of the molecule is CCOC(=O)C1C(=N)C=C(C=NC)C1c1ccc(-c2ccsc2)cc1. The molecule has 1 aliphatic carbocycles. The van der Waals surface area contributed by atoms with Gasteiger partial charge in [-0.15, -0.1) is 0 Å². The van der Waals surface area contributed by atoms with Gasteiger partial charge in [0.25, 0.3) is 0 Å². The molecule has 4 nitrogen and oxygen atoms in total. The fourth-order valence-electron chi connectivity index (χ4n) is 3.19. The third kappa shape index (κ3) is 3.46. The van der Waals surface area contributed by atoms with Crippen LogP contribution in [0.4, 0.5) is 0 Å². The third-order valence-corrected chi connectivity index (χ3v) is 4.98. The molecular weight excluding hydrogens is 332 g/mol. The van der Waals surface area contributed by atoms with Gasteiger partial charge >= 0.3 is 5.97 Å². The smallest absolute Gasteiger partial charge is 0.315 e. The fraction of sp³-hybridized carbons (Fsp3) is 0.250. The minimum atomic E-state index is -0.611. The molecule has 3 rings (SSSR count). The van der Waals surface area contributed by atoms with E-state index in [2.05, 4.69) is 34.0 Å². The summed E-state index contributed by atoms with van der Waals surface area (Å²) in [6.07, 6.45) is 3.46. The Hall–Kier alpha value is -2.53. The fourth-order valence-corrected chi connectivity index (χ4v) is 3.85. The first-order valence-electron chi connectivity index (χ1n) is 8.17. The van der Waals surface area contributed by atoms with Crippen LogP contribution in [0.15, 0.2) is 57.7 Å². The summed E-state index contributed by atoms with van der Waals surface area (Å²) in [5.41, 5.74) is 4.46. The van der Waals surface area contributed by atoms with Crippen LogP contribution in [0.2, 0.25) is 0 Å². The predicted molar refractivity (Wildman–Crippen MR) is 103 cm³/mol. The van der Waals surface area contributed by atoms with E-state index in [-0.39, 0.29) is 17.6 Å². The number of hydrogen-bond acceptors (Lipinski definition) is 5. The van der Waals surface area contributed by atoms with Crippen LogP contribution in [0.5, 0.6) is 0 Å². The molecule has 1 aliphatic rings. The summed E-state index contributed by atoms with van der Waals surface area (Å²) in [5.74, 6) is -1.19. The zero-order valence-electron chi connectivity index (χ0n) is 14.2. The Morgan fingerprint density at radius 3 is 2.64 bits per heavy atom. The number of carbonyl (C=O) groups is 1. The summed E-state index contributed by atoms with van der Waals surface area (Å²) >= 11 is 1.67. The van der Waals surface area contributed by atoms with E-state index < -0.39 is 5.92 Å². The largest absolute Gasteiger partial charge is 0.465 e. The predicted octanol–water partition coefficient (Wildman–Crippen LogP) is 4.34. The molecule has 1 aromatic heterocycles. The van der Waals surface area contributed by atoms with E-state index >= 15 is 0 Å². The Morgan fingerprint density at radius 1 is 1.28 bits per heavy atom. The molecule has 0 saturated carbocycles. The lowest BCUT2D eigenvalue weighted by atomic mass is 9.84. The van der Waals surface area contributed by atoms with Crippen LogP contribution in [0.25, 0.3) is 11.1 Å². The maximum absolute atomic E-state index is 12.4. The van der Waals surface area contributed by atoms with E-state index in [1.54, 1.807) is 37.6 Å². The van der Waals surface area contributed by atoms with Crippen LogP contribution in [-0.4, -0.2) is 31.6 Å². The number of rotatable bonds is 5. The van der Waals surface area contributed by atoms with E-state index in [0.29, 0.717) is 6.61 Å². The minimum Gasteiger partial charge on any atom is -0.465 e. The van der Waals surface area contributed by atoms with Gasteiger partial charge in [-0.05, 0) is 52.1 Å². The molecule has 1 aromatic carbocycles. The summed E-state index contributed by atoms with van der Waals surface area (Å²) in [5, 5.41) is 12.4. The summed E-state index contributed by atoms with van der Waals surface area (Å²) < 4.78 is 5.20. The van der Waals surface area contributed by atoms with Crippen molar-refractivity contribution in [2.45, 2.75) is 12.8 Å². The summed E-state index contributed by atoms with van der Waals surface area (Å²) in [4.78, 5) is 16.5. The van der Waals surface area contributed by atoms with Gasteiger partial charge in [-0.1, -0.05) is 24.3 Å². The standard InChI is InChI=1S/C20H20N2O2S/c1-3-24-20(23)19-17(21)10-16(11-22-2)18(19)14-6-4-13(5-7-14)15-8-9-25-12-15/h4-12,18-19,21H,3H2,1-2H3. The van der Waals surface area contributed by atoms with Crippen molar-refractivity contribution >= 4 is 29.2 Å². The highest BCUT2D eigenvalue weighted by molar-refractivity contribution is 7.08. The van der Waals surface area contributed by atoms with Crippen LogP contribution in [0, 0.1) is 11.3 Å². The summed E-state index contributed by atoms with van der Waals surface area (Å²) in [7, 11) is 1.69. The molecule has 1 N–H and O–H groups in total. The van der Waals surface area contributed by atoms with Crippen molar-refractivity contribution in [3.8, 4) is 11.1 Å². The van der Waals surface area contributed by atoms with Gasteiger partial charge in [-0.3, -0.25) is 9.79 Å². The molecule has 0 fully saturated rings. The van der Waals surface area contributed by atoms with Gasteiger partial charge < -0.3 is 10.1 Å². The molecule has 0 radical (unpaired) electrons. The molecule has 2 aromatic rings. The molecule has 1 heterocycles. The van der Waals surface area contributed by atoms with Crippen molar-refractivity contribution < 1.29 is 9.53 Å². The van der Waals surface area contributed by atoms with Gasteiger partial charge in [0, 0.05) is 24.9 Å². The second kappa shape index (κ2) is 7.57. The molecule has 0 saturated heterocycles. The zero-order chi connectivity index (χ0) is 17.8. The van der Waals surface area contributed by atoms with E-state index in [9.17, 15) is 4.79 Å². The Kier molecular flexibility index (Phi) is 5.24. The number of benzene rings is 1. The lowest BCUT2D eigenvalue weighted by Crippen LogP contribution is -2.27. The molecule has 0 aliphatic heterocycles. The lowest BCUT2D eigenvalue weighted by Gasteiger charge is -2.21. The molecule has 128 valence electrons. The van der Waals surface area contributed by atoms with Crippen molar-refractivity contribution in [2.75, 3.05) is 13.7 Å². The summed E-state index contributed by atoms with van der Waals surface area (Å²) in [6.45, 7) is 2.09. The Bertz CT molecular complexity index is 820. The molecule has 0 amide bonds. The monoisotopic (exact) mass is 352 g/mol. The maximum Gasteiger partial charge on any atom is 0.315 e. The van der Waals surface area contributed by atoms with Crippen LogP contribution in [-0.2, 0) is 9.53 Å². The number of allylic oxidation sites excluding steroid dienone is 2. The number of aliphatic imine (C=N–C) groups is 1. The maximum atomic E-state index is 12.4. The number of nitrogens with zero attached hydrogens (tertiary/aromatic N) is 1. The molecule has 0 bridgehead atoms. The zero-order valence-corrected chi connectivity index (χ0v) is 15.0. The van der Waals surface area contributed by atoms with Crippen LogP contribution >= 0.6 is 11.3 Å². The molecular formula is C20H20N2O2S. The molecule has 2 atom stereocenters. The highest BCUT2D eigenvalue weighted by Gasteiger charge is 2.40. The Balaban J connectivity index is 1.96. The highest BCUT2D eigenvalue weighted by Crippen LogP contribution is 2.39. The quantitative estimate of drug-likeness (QED) is 0.643. The third-order valence-electron chi connectivity index (χ3n) is 4.29. The topological polar surface area (TPSA) is 62.5 Å². The first-order chi connectivity index (χ1) is 12.2. The molecule has 2 unspecified atom stereocenters. The second-order valence-corrected chi connectivity index (χ2v) is 6.61. The van der Waals surface area contributed by atoms with Crippen molar-refractivity contribution in [1.82, 2.24) is 0 Å². The number of hydrogen-bond donors (Lipinski definition) is 1.